The van der Waals surface area contributed by atoms with Gasteiger partial charge in [-0.1, -0.05) is 29.8 Å². The molecule has 4 rings (SSSR count). The van der Waals surface area contributed by atoms with Gasteiger partial charge in [-0.3, -0.25) is 19.8 Å². The molecule has 32 heavy (non-hydrogen) atoms. The zero-order valence-electron chi connectivity index (χ0n) is 17.8. The first-order valence-corrected chi connectivity index (χ1v) is 11.2. The first-order valence-electron chi connectivity index (χ1n) is 10.9. The SMILES string of the molecule is O=C(C1CCN(c2ccccc2[N+](=O)[O-])CC1)N1CCN(Cc2c(F)cccc2Cl)CC1. The molecule has 0 radical (unpaired) electrons. The normalized spacial score (nSPS) is 18.1. The summed E-state index contributed by atoms with van der Waals surface area (Å²) in [4.78, 5) is 30.0. The van der Waals surface area contributed by atoms with Crippen molar-refractivity contribution in [2.45, 2.75) is 19.4 Å². The van der Waals surface area contributed by atoms with Gasteiger partial charge >= 0.3 is 0 Å². The minimum Gasteiger partial charge on any atom is -0.366 e. The van der Waals surface area contributed by atoms with Crippen LogP contribution < -0.4 is 4.90 Å². The lowest BCUT2D eigenvalue weighted by Gasteiger charge is -2.39. The van der Waals surface area contributed by atoms with Crippen molar-refractivity contribution in [1.82, 2.24) is 9.80 Å². The van der Waals surface area contributed by atoms with E-state index in [-0.39, 0.29) is 28.3 Å². The third-order valence-electron chi connectivity index (χ3n) is 6.39. The number of nitrogens with zero attached hydrogens (tertiary/aromatic N) is 4. The molecular weight excluding hydrogens is 435 g/mol. The molecular formula is C23H26ClFN4O3. The number of amides is 1. The minimum atomic E-state index is -0.361. The Balaban J connectivity index is 1.29. The van der Waals surface area contributed by atoms with Gasteiger partial charge in [-0.25, -0.2) is 4.39 Å². The van der Waals surface area contributed by atoms with E-state index in [2.05, 4.69) is 4.90 Å². The monoisotopic (exact) mass is 460 g/mol. The summed E-state index contributed by atoms with van der Waals surface area (Å²) in [5.41, 5.74) is 1.21. The Morgan fingerprint density at radius 2 is 1.72 bits per heavy atom. The molecule has 170 valence electrons. The number of carbonyl (C=O) groups is 1. The molecule has 1 amide bonds. The highest BCUT2D eigenvalue weighted by atomic mass is 35.5. The van der Waals surface area contributed by atoms with E-state index in [1.807, 2.05) is 9.80 Å². The first kappa shape index (κ1) is 22.5. The Labute approximate surface area is 191 Å². The van der Waals surface area contributed by atoms with Crippen LogP contribution >= 0.6 is 11.6 Å². The fourth-order valence-electron chi connectivity index (χ4n) is 4.54. The van der Waals surface area contributed by atoms with Crippen molar-refractivity contribution in [3.63, 3.8) is 0 Å². The molecule has 9 heteroatoms. The van der Waals surface area contributed by atoms with Gasteiger partial charge < -0.3 is 9.80 Å². The highest BCUT2D eigenvalue weighted by Gasteiger charge is 2.32. The Kier molecular flexibility index (Phi) is 6.91. The maximum absolute atomic E-state index is 14.1. The molecule has 2 saturated heterocycles. The van der Waals surface area contributed by atoms with Crippen LogP contribution in [0, 0.1) is 21.8 Å². The molecule has 2 heterocycles. The number of para-hydroxylation sites is 2. The first-order chi connectivity index (χ1) is 15.4. The Bertz CT molecular complexity index is 969. The average molecular weight is 461 g/mol. The molecule has 2 aliphatic rings. The lowest BCUT2D eigenvalue weighted by molar-refractivity contribution is -0.384. The molecule has 0 spiro atoms. The van der Waals surface area contributed by atoms with Crippen LogP contribution in [-0.2, 0) is 11.3 Å². The standard InChI is InChI=1S/C23H26ClFN4O3/c24-19-4-3-5-20(25)18(19)16-26-12-14-28(15-13-26)23(30)17-8-10-27(11-9-17)21-6-1-2-7-22(21)29(31)32/h1-7,17H,8-16H2. The van der Waals surface area contributed by atoms with E-state index in [0.717, 1.165) is 0 Å². The van der Waals surface area contributed by atoms with Crippen molar-refractivity contribution in [3.05, 3.63) is 69.0 Å². The Hall–Kier alpha value is -2.71. The van der Waals surface area contributed by atoms with Crippen molar-refractivity contribution < 1.29 is 14.1 Å². The zero-order valence-corrected chi connectivity index (χ0v) is 18.5. The molecule has 0 saturated carbocycles. The summed E-state index contributed by atoms with van der Waals surface area (Å²) in [6, 6.07) is 11.4. The predicted molar refractivity (Wildman–Crippen MR) is 121 cm³/mol. The maximum atomic E-state index is 14.1. The minimum absolute atomic E-state index is 0.0680. The number of hydrogen-bond donors (Lipinski definition) is 0. The summed E-state index contributed by atoms with van der Waals surface area (Å²) in [6.45, 7) is 4.23. The maximum Gasteiger partial charge on any atom is 0.292 e. The summed E-state index contributed by atoms with van der Waals surface area (Å²) in [5, 5.41) is 11.7. The largest absolute Gasteiger partial charge is 0.366 e. The molecule has 0 N–H and O–H groups in total. The number of halogens is 2. The van der Waals surface area contributed by atoms with E-state index in [1.165, 1.54) is 12.1 Å². The van der Waals surface area contributed by atoms with E-state index < -0.39 is 0 Å². The van der Waals surface area contributed by atoms with Gasteiger partial charge in [0.2, 0.25) is 5.91 Å². The number of rotatable bonds is 5. The number of anilines is 1. The van der Waals surface area contributed by atoms with Crippen LogP contribution in [0.3, 0.4) is 0 Å². The van der Waals surface area contributed by atoms with Crippen molar-refractivity contribution in [2.75, 3.05) is 44.2 Å². The van der Waals surface area contributed by atoms with Crippen molar-refractivity contribution >= 4 is 28.9 Å². The topological polar surface area (TPSA) is 69.9 Å². The summed E-state index contributed by atoms with van der Waals surface area (Å²) < 4.78 is 14.1. The number of piperazine rings is 1. The van der Waals surface area contributed by atoms with Gasteiger partial charge in [0.15, 0.2) is 0 Å². The molecule has 2 aliphatic heterocycles. The molecule has 0 atom stereocenters. The quantitative estimate of drug-likeness (QED) is 0.499. The lowest BCUT2D eigenvalue weighted by atomic mass is 9.94. The van der Waals surface area contributed by atoms with E-state index in [1.54, 1.807) is 30.3 Å². The Morgan fingerprint density at radius 3 is 2.38 bits per heavy atom. The van der Waals surface area contributed by atoms with E-state index in [9.17, 15) is 19.3 Å². The molecule has 0 bridgehead atoms. The number of benzene rings is 2. The fraction of sp³-hybridized carbons (Fsp3) is 0.435. The second-order valence-electron chi connectivity index (χ2n) is 8.31. The van der Waals surface area contributed by atoms with Gasteiger partial charge in [0.1, 0.15) is 11.5 Å². The van der Waals surface area contributed by atoms with Crippen LogP contribution in [0.5, 0.6) is 0 Å². The highest BCUT2D eigenvalue weighted by Crippen LogP contribution is 2.32. The third kappa shape index (κ3) is 4.86. The van der Waals surface area contributed by atoms with Crippen LogP contribution in [0.2, 0.25) is 5.02 Å². The molecule has 7 nitrogen and oxygen atoms in total. The van der Waals surface area contributed by atoms with Gasteiger partial charge in [-0.05, 0) is 31.0 Å². The van der Waals surface area contributed by atoms with E-state index in [4.69, 9.17) is 11.6 Å². The van der Waals surface area contributed by atoms with Crippen molar-refractivity contribution in [1.29, 1.82) is 0 Å². The number of nitro benzene ring substituents is 1. The summed E-state index contributed by atoms with van der Waals surface area (Å²) in [6.07, 6.45) is 1.35. The van der Waals surface area contributed by atoms with Crippen LogP contribution in [0.25, 0.3) is 0 Å². The fourth-order valence-corrected chi connectivity index (χ4v) is 4.77. The van der Waals surface area contributed by atoms with Gasteiger partial charge in [0.05, 0.1) is 4.92 Å². The van der Waals surface area contributed by atoms with Crippen molar-refractivity contribution in [3.8, 4) is 0 Å². The predicted octanol–water partition coefficient (Wildman–Crippen LogP) is 3.95. The summed E-state index contributed by atoms with van der Waals surface area (Å²) in [5.74, 6) is -0.223. The molecule has 2 aromatic carbocycles. The molecule has 0 unspecified atom stereocenters. The zero-order chi connectivity index (χ0) is 22.7. The van der Waals surface area contributed by atoms with Crippen LogP contribution in [0.1, 0.15) is 18.4 Å². The molecule has 2 fully saturated rings. The van der Waals surface area contributed by atoms with Crippen LogP contribution in [-0.4, -0.2) is 59.9 Å². The van der Waals surface area contributed by atoms with Crippen molar-refractivity contribution in [2.24, 2.45) is 5.92 Å². The molecule has 2 aromatic rings. The molecule has 0 aromatic heterocycles. The smallest absolute Gasteiger partial charge is 0.292 e. The van der Waals surface area contributed by atoms with Gasteiger partial charge in [-0.15, -0.1) is 0 Å². The number of carbonyl (C=O) groups excluding carboxylic acids is 1. The number of nitro groups is 1. The average Bonchev–Trinajstić information content (AvgIpc) is 2.81. The highest BCUT2D eigenvalue weighted by molar-refractivity contribution is 6.31. The van der Waals surface area contributed by atoms with E-state index >= 15 is 0 Å². The second-order valence-corrected chi connectivity index (χ2v) is 8.72. The number of hydrogen-bond acceptors (Lipinski definition) is 5. The van der Waals surface area contributed by atoms with Crippen LogP contribution in [0.15, 0.2) is 42.5 Å². The van der Waals surface area contributed by atoms with Crippen LogP contribution in [0.4, 0.5) is 15.8 Å². The number of piperidine rings is 1. The lowest BCUT2D eigenvalue weighted by Crippen LogP contribution is -2.51. The second kappa shape index (κ2) is 9.83. The third-order valence-corrected chi connectivity index (χ3v) is 6.74. The van der Waals surface area contributed by atoms with Gasteiger partial charge in [-0.2, -0.15) is 0 Å². The summed E-state index contributed by atoms with van der Waals surface area (Å²) in [7, 11) is 0. The van der Waals surface area contributed by atoms with Gasteiger partial charge in [0.25, 0.3) is 5.69 Å². The molecule has 0 aliphatic carbocycles. The Morgan fingerprint density at radius 1 is 1.03 bits per heavy atom. The van der Waals surface area contributed by atoms with E-state index in [0.29, 0.717) is 74.9 Å². The van der Waals surface area contributed by atoms with Gasteiger partial charge in [0, 0.05) is 68.4 Å². The summed E-state index contributed by atoms with van der Waals surface area (Å²) >= 11 is 6.14.